The second-order valence-electron chi connectivity index (χ2n) is 6.43. The maximum absolute atomic E-state index is 4.57. The number of imidazole rings is 1. The summed E-state index contributed by atoms with van der Waals surface area (Å²) >= 11 is 0. The lowest BCUT2D eigenvalue weighted by Gasteiger charge is -2.06. The van der Waals surface area contributed by atoms with Crippen molar-refractivity contribution in [1.29, 1.82) is 0 Å². The highest BCUT2D eigenvalue weighted by Gasteiger charge is 2.24. The number of H-pyrrole nitrogens is 1. The SMILES string of the molecule is C[C@@H]1CN[C@H](c2ncc(-c3ccc(-c4ccccc4)cc3)[nH]2)C1. The zero-order valence-corrected chi connectivity index (χ0v) is 13.3. The molecule has 1 saturated heterocycles. The van der Waals surface area contributed by atoms with Gasteiger partial charge < -0.3 is 10.3 Å². The van der Waals surface area contributed by atoms with Crippen molar-refractivity contribution in [2.24, 2.45) is 5.92 Å². The van der Waals surface area contributed by atoms with E-state index in [4.69, 9.17) is 0 Å². The Balaban J connectivity index is 1.56. The molecule has 0 unspecified atom stereocenters. The first-order chi connectivity index (χ1) is 11.3. The molecule has 4 rings (SSSR count). The molecule has 2 atom stereocenters. The molecule has 0 bridgehead atoms. The number of hydrogen-bond acceptors (Lipinski definition) is 2. The van der Waals surface area contributed by atoms with Crippen molar-refractivity contribution in [3.63, 3.8) is 0 Å². The van der Waals surface area contributed by atoms with Crippen LogP contribution in [0.5, 0.6) is 0 Å². The lowest BCUT2D eigenvalue weighted by Crippen LogP contribution is -2.14. The zero-order chi connectivity index (χ0) is 15.6. The Bertz CT molecular complexity index is 774. The molecule has 3 aromatic rings. The minimum Gasteiger partial charge on any atom is -0.341 e. The van der Waals surface area contributed by atoms with Crippen molar-refractivity contribution in [3.8, 4) is 22.4 Å². The molecule has 1 aromatic heterocycles. The molecular weight excluding hydrogens is 282 g/mol. The van der Waals surface area contributed by atoms with Crippen LogP contribution in [-0.2, 0) is 0 Å². The van der Waals surface area contributed by atoms with E-state index in [1.165, 1.54) is 16.7 Å². The van der Waals surface area contributed by atoms with E-state index >= 15 is 0 Å². The molecule has 1 aliphatic heterocycles. The number of benzene rings is 2. The van der Waals surface area contributed by atoms with Gasteiger partial charge in [-0.25, -0.2) is 4.98 Å². The summed E-state index contributed by atoms with van der Waals surface area (Å²) in [6.07, 6.45) is 3.09. The summed E-state index contributed by atoms with van der Waals surface area (Å²) in [7, 11) is 0. The second-order valence-corrected chi connectivity index (χ2v) is 6.43. The van der Waals surface area contributed by atoms with Crippen LogP contribution in [0.4, 0.5) is 0 Å². The second kappa shape index (κ2) is 6.01. The van der Waals surface area contributed by atoms with Gasteiger partial charge in [-0.2, -0.15) is 0 Å². The molecule has 1 aliphatic rings. The summed E-state index contributed by atoms with van der Waals surface area (Å²) in [6, 6.07) is 19.5. The van der Waals surface area contributed by atoms with E-state index in [0.29, 0.717) is 6.04 Å². The highest BCUT2D eigenvalue weighted by atomic mass is 15.0. The Labute approximate surface area is 136 Å². The molecule has 0 spiro atoms. The Morgan fingerprint density at radius 2 is 1.61 bits per heavy atom. The Kier molecular flexibility index (Phi) is 3.72. The van der Waals surface area contributed by atoms with Crippen LogP contribution >= 0.6 is 0 Å². The van der Waals surface area contributed by atoms with E-state index in [-0.39, 0.29) is 0 Å². The van der Waals surface area contributed by atoms with Gasteiger partial charge in [0.15, 0.2) is 0 Å². The van der Waals surface area contributed by atoms with E-state index in [1.54, 1.807) is 0 Å². The number of aromatic amines is 1. The van der Waals surface area contributed by atoms with Crippen LogP contribution in [0.25, 0.3) is 22.4 Å². The number of hydrogen-bond donors (Lipinski definition) is 2. The lowest BCUT2D eigenvalue weighted by molar-refractivity contribution is 0.588. The zero-order valence-electron chi connectivity index (χ0n) is 13.3. The molecule has 116 valence electrons. The van der Waals surface area contributed by atoms with Crippen LogP contribution in [0, 0.1) is 5.92 Å². The van der Waals surface area contributed by atoms with Crippen LogP contribution in [0.1, 0.15) is 25.2 Å². The summed E-state index contributed by atoms with van der Waals surface area (Å²) in [5.41, 5.74) is 4.74. The van der Waals surface area contributed by atoms with Crippen LogP contribution in [-0.4, -0.2) is 16.5 Å². The summed E-state index contributed by atoms with van der Waals surface area (Å²) in [6.45, 7) is 3.35. The van der Waals surface area contributed by atoms with Gasteiger partial charge >= 0.3 is 0 Å². The molecule has 0 radical (unpaired) electrons. The Morgan fingerprint density at radius 1 is 0.913 bits per heavy atom. The van der Waals surface area contributed by atoms with Gasteiger partial charge in [-0.05, 0) is 35.6 Å². The normalized spacial score (nSPS) is 20.7. The van der Waals surface area contributed by atoms with Gasteiger partial charge in [0.2, 0.25) is 0 Å². The standard InChI is InChI=1S/C20H21N3/c1-14-11-18(21-12-14)20-22-13-19(23-20)17-9-7-16(8-10-17)15-5-3-2-4-6-15/h2-10,13-14,18,21H,11-12H2,1H3,(H,22,23)/t14-,18-/m0/s1. The third kappa shape index (κ3) is 2.92. The van der Waals surface area contributed by atoms with Crippen molar-refractivity contribution in [3.05, 3.63) is 66.6 Å². The first-order valence-electron chi connectivity index (χ1n) is 8.24. The summed E-state index contributed by atoms with van der Waals surface area (Å²) in [5, 5.41) is 3.52. The largest absolute Gasteiger partial charge is 0.341 e. The van der Waals surface area contributed by atoms with Gasteiger partial charge in [0.25, 0.3) is 0 Å². The average Bonchev–Trinajstić information content (AvgIpc) is 3.25. The number of aromatic nitrogens is 2. The van der Waals surface area contributed by atoms with E-state index in [9.17, 15) is 0 Å². The maximum Gasteiger partial charge on any atom is 0.123 e. The summed E-state index contributed by atoms with van der Waals surface area (Å²) in [5.74, 6) is 1.77. The number of rotatable bonds is 3. The number of nitrogens with zero attached hydrogens (tertiary/aromatic N) is 1. The molecule has 3 nitrogen and oxygen atoms in total. The van der Waals surface area contributed by atoms with Gasteiger partial charge in [0, 0.05) is 0 Å². The fourth-order valence-electron chi connectivity index (χ4n) is 3.25. The van der Waals surface area contributed by atoms with Crippen molar-refractivity contribution in [1.82, 2.24) is 15.3 Å². The Hall–Kier alpha value is -2.39. The molecule has 2 N–H and O–H groups in total. The highest BCUT2D eigenvalue weighted by Crippen LogP contribution is 2.28. The van der Waals surface area contributed by atoms with Crippen LogP contribution in [0.2, 0.25) is 0 Å². The van der Waals surface area contributed by atoms with Gasteiger partial charge in [0.1, 0.15) is 5.82 Å². The van der Waals surface area contributed by atoms with Crippen LogP contribution in [0.3, 0.4) is 0 Å². The smallest absolute Gasteiger partial charge is 0.123 e. The first-order valence-corrected chi connectivity index (χ1v) is 8.24. The molecule has 3 heteroatoms. The first kappa shape index (κ1) is 14.2. The molecule has 0 saturated carbocycles. The molecule has 2 aromatic carbocycles. The molecule has 23 heavy (non-hydrogen) atoms. The average molecular weight is 303 g/mol. The topological polar surface area (TPSA) is 40.7 Å². The molecule has 0 amide bonds. The van der Waals surface area contributed by atoms with Gasteiger partial charge in [-0.3, -0.25) is 0 Å². The van der Waals surface area contributed by atoms with E-state index in [0.717, 1.165) is 30.4 Å². The third-order valence-electron chi connectivity index (χ3n) is 4.58. The van der Waals surface area contributed by atoms with E-state index in [1.807, 2.05) is 12.3 Å². The fourth-order valence-corrected chi connectivity index (χ4v) is 3.25. The van der Waals surface area contributed by atoms with Crippen molar-refractivity contribution in [2.45, 2.75) is 19.4 Å². The molecule has 1 fully saturated rings. The Morgan fingerprint density at radius 3 is 2.30 bits per heavy atom. The summed E-state index contributed by atoms with van der Waals surface area (Å²) in [4.78, 5) is 8.05. The van der Waals surface area contributed by atoms with Crippen LogP contribution < -0.4 is 5.32 Å². The van der Waals surface area contributed by atoms with E-state index < -0.39 is 0 Å². The predicted octanol–water partition coefficient (Wildman–Crippen LogP) is 4.41. The minimum absolute atomic E-state index is 0.363. The molecule has 2 heterocycles. The van der Waals surface area contributed by atoms with Crippen LogP contribution in [0.15, 0.2) is 60.8 Å². The van der Waals surface area contributed by atoms with Gasteiger partial charge in [0.05, 0.1) is 17.9 Å². The van der Waals surface area contributed by atoms with Crippen molar-refractivity contribution in [2.75, 3.05) is 6.54 Å². The quantitative estimate of drug-likeness (QED) is 0.752. The molecular formula is C20H21N3. The van der Waals surface area contributed by atoms with Gasteiger partial charge in [-0.1, -0.05) is 61.5 Å². The predicted molar refractivity (Wildman–Crippen MR) is 94.0 cm³/mol. The monoisotopic (exact) mass is 303 g/mol. The lowest BCUT2D eigenvalue weighted by atomic mass is 10.0. The molecule has 0 aliphatic carbocycles. The highest BCUT2D eigenvalue weighted by molar-refractivity contribution is 5.68. The minimum atomic E-state index is 0.363. The van der Waals surface area contributed by atoms with Crippen molar-refractivity contribution < 1.29 is 0 Å². The number of nitrogens with one attached hydrogen (secondary N) is 2. The third-order valence-corrected chi connectivity index (χ3v) is 4.58. The summed E-state index contributed by atoms with van der Waals surface area (Å²) < 4.78 is 0. The maximum atomic E-state index is 4.57. The van der Waals surface area contributed by atoms with Gasteiger partial charge in [-0.15, -0.1) is 0 Å². The van der Waals surface area contributed by atoms with Crippen molar-refractivity contribution >= 4 is 0 Å². The van der Waals surface area contributed by atoms with E-state index in [2.05, 4.69) is 70.7 Å². The fraction of sp³-hybridized carbons (Fsp3) is 0.250.